The smallest absolute Gasteiger partial charge is 0.203 e. The third-order valence-electron chi connectivity index (χ3n) is 3.32. The van der Waals surface area contributed by atoms with Crippen LogP contribution in [0.5, 0.6) is 17.2 Å². The first-order chi connectivity index (χ1) is 10.2. The Morgan fingerprint density at radius 3 is 2.33 bits per heavy atom. The van der Waals surface area contributed by atoms with Gasteiger partial charge in [0.05, 0.1) is 20.8 Å². The Hall–Kier alpha value is -1.50. The fourth-order valence-corrected chi connectivity index (χ4v) is 1.96. The number of nitrogens with one attached hydrogen (secondary N) is 1. The van der Waals surface area contributed by atoms with Gasteiger partial charge >= 0.3 is 0 Å². The van der Waals surface area contributed by atoms with E-state index in [4.69, 9.17) is 19.3 Å². The minimum atomic E-state index is -0.935. The van der Waals surface area contributed by atoms with Crippen LogP contribution in [0.3, 0.4) is 0 Å². The topological polar surface area (TPSA) is 80.2 Å². The standard InChI is InChI=1S/C15H23NO5/c1-19-13-5-10(7-16-11-3-4-11)6-14(20-2)15(13)21-9-12(18)8-17/h5-6,11-12,16-18H,3-4,7-9H2,1-2H3. The molecule has 0 saturated heterocycles. The summed E-state index contributed by atoms with van der Waals surface area (Å²) in [5, 5.41) is 21.7. The van der Waals surface area contributed by atoms with Crippen LogP contribution in [0.15, 0.2) is 12.1 Å². The number of aliphatic hydroxyl groups is 2. The number of methoxy groups -OCH3 is 2. The quantitative estimate of drug-likeness (QED) is 0.622. The maximum atomic E-state index is 9.39. The summed E-state index contributed by atoms with van der Waals surface area (Å²) in [5.41, 5.74) is 1.05. The average molecular weight is 297 g/mol. The van der Waals surface area contributed by atoms with E-state index >= 15 is 0 Å². The predicted octanol–water partition coefficient (Wildman–Crippen LogP) is 0.688. The minimum absolute atomic E-state index is 0.0249. The van der Waals surface area contributed by atoms with Gasteiger partial charge in [-0.25, -0.2) is 0 Å². The second kappa shape index (κ2) is 7.49. The number of benzene rings is 1. The summed E-state index contributed by atoms with van der Waals surface area (Å²) in [7, 11) is 3.12. The van der Waals surface area contributed by atoms with E-state index in [1.165, 1.54) is 12.8 Å². The van der Waals surface area contributed by atoms with E-state index in [-0.39, 0.29) is 13.2 Å². The van der Waals surface area contributed by atoms with Gasteiger partial charge in [-0.3, -0.25) is 0 Å². The Morgan fingerprint density at radius 2 is 1.86 bits per heavy atom. The molecule has 2 rings (SSSR count). The third kappa shape index (κ3) is 4.49. The van der Waals surface area contributed by atoms with Crippen LogP contribution in [-0.2, 0) is 6.54 Å². The molecule has 21 heavy (non-hydrogen) atoms. The van der Waals surface area contributed by atoms with Crippen molar-refractivity contribution < 1.29 is 24.4 Å². The van der Waals surface area contributed by atoms with Gasteiger partial charge in [0.1, 0.15) is 12.7 Å². The normalized spacial score (nSPS) is 15.6. The molecule has 1 saturated carbocycles. The molecule has 1 aliphatic rings. The van der Waals surface area contributed by atoms with Crippen molar-refractivity contribution >= 4 is 0 Å². The first-order valence-corrected chi connectivity index (χ1v) is 7.08. The lowest BCUT2D eigenvalue weighted by Crippen LogP contribution is -2.21. The zero-order valence-electron chi connectivity index (χ0n) is 12.5. The molecule has 0 radical (unpaired) electrons. The Morgan fingerprint density at radius 1 is 1.24 bits per heavy atom. The third-order valence-corrected chi connectivity index (χ3v) is 3.32. The first kappa shape index (κ1) is 15.9. The van der Waals surface area contributed by atoms with Gasteiger partial charge in [-0.1, -0.05) is 0 Å². The van der Waals surface area contributed by atoms with Gasteiger partial charge in [-0.15, -0.1) is 0 Å². The van der Waals surface area contributed by atoms with Crippen LogP contribution in [0, 0.1) is 0 Å². The van der Waals surface area contributed by atoms with Crippen molar-refractivity contribution in [2.24, 2.45) is 0 Å². The van der Waals surface area contributed by atoms with Crippen LogP contribution in [0.4, 0.5) is 0 Å². The van der Waals surface area contributed by atoms with E-state index in [0.717, 1.165) is 12.1 Å². The predicted molar refractivity (Wildman–Crippen MR) is 78.0 cm³/mol. The molecule has 0 heterocycles. The van der Waals surface area contributed by atoms with Crippen LogP contribution >= 0.6 is 0 Å². The van der Waals surface area contributed by atoms with Crippen molar-refractivity contribution in [3.8, 4) is 17.2 Å². The zero-order chi connectivity index (χ0) is 15.2. The highest BCUT2D eigenvalue weighted by molar-refractivity contribution is 5.53. The highest BCUT2D eigenvalue weighted by Gasteiger charge is 2.21. The molecule has 0 spiro atoms. The molecule has 6 heteroatoms. The summed E-state index contributed by atoms with van der Waals surface area (Å²) >= 11 is 0. The zero-order valence-corrected chi connectivity index (χ0v) is 12.5. The van der Waals surface area contributed by atoms with Crippen LogP contribution in [0.25, 0.3) is 0 Å². The first-order valence-electron chi connectivity index (χ1n) is 7.08. The largest absolute Gasteiger partial charge is 0.493 e. The van der Waals surface area contributed by atoms with Crippen molar-refractivity contribution in [2.45, 2.75) is 31.5 Å². The summed E-state index contributed by atoms with van der Waals surface area (Å²) in [6.45, 7) is 0.369. The number of hydrogen-bond acceptors (Lipinski definition) is 6. The molecule has 0 aromatic heterocycles. The second-order valence-corrected chi connectivity index (χ2v) is 5.13. The summed E-state index contributed by atoms with van der Waals surface area (Å²) in [5.74, 6) is 1.53. The Balaban J connectivity index is 2.12. The van der Waals surface area contributed by atoms with Crippen LogP contribution in [-0.4, -0.2) is 49.8 Å². The molecule has 1 aromatic rings. The van der Waals surface area contributed by atoms with Crippen LogP contribution in [0.1, 0.15) is 18.4 Å². The van der Waals surface area contributed by atoms with Gasteiger partial charge in [0.2, 0.25) is 5.75 Å². The molecule has 0 aliphatic heterocycles. The number of ether oxygens (including phenoxy) is 3. The maximum Gasteiger partial charge on any atom is 0.203 e. The fraction of sp³-hybridized carbons (Fsp3) is 0.600. The summed E-state index contributed by atoms with van der Waals surface area (Å²) in [4.78, 5) is 0. The van der Waals surface area contributed by atoms with Gasteiger partial charge in [-0.05, 0) is 30.5 Å². The summed E-state index contributed by atoms with van der Waals surface area (Å²) in [6, 6.07) is 4.40. The molecule has 0 amide bonds. The van der Waals surface area contributed by atoms with Crippen molar-refractivity contribution in [1.82, 2.24) is 5.32 Å². The molecule has 1 aliphatic carbocycles. The minimum Gasteiger partial charge on any atom is -0.493 e. The monoisotopic (exact) mass is 297 g/mol. The highest BCUT2D eigenvalue weighted by Crippen LogP contribution is 2.38. The van der Waals surface area contributed by atoms with E-state index in [1.807, 2.05) is 12.1 Å². The van der Waals surface area contributed by atoms with Crippen molar-refractivity contribution in [2.75, 3.05) is 27.4 Å². The lowest BCUT2D eigenvalue weighted by atomic mass is 10.1. The Bertz CT molecular complexity index is 436. The molecule has 1 aromatic carbocycles. The molecule has 1 unspecified atom stereocenters. The van der Waals surface area contributed by atoms with E-state index in [0.29, 0.717) is 23.3 Å². The van der Waals surface area contributed by atoms with Gasteiger partial charge in [0.15, 0.2) is 11.5 Å². The van der Waals surface area contributed by atoms with Crippen LogP contribution in [0.2, 0.25) is 0 Å². The molecule has 1 atom stereocenters. The Labute approximate surface area is 124 Å². The van der Waals surface area contributed by atoms with Gasteiger partial charge in [0, 0.05) is 12.6 Å². The van der Waals surface area contributed by atoms with Gasteiger partial charge in [0.25, 0.3) is 0 Å². The van der Waals surface area contributed by atoms with E-state index in [2.05, 4.69) is 5.32 Å². The fourth-order valence-electron chi connectivity index (χ4n) is 1.96. The number of aliphatic hydroxyl groups excluding tert-OH is 2. The summed E-state index contributed by atoms with van der Waals surface area (Å²) < 4.78 is 16.2. The lowest BCUT2D eigenvalue weighted by molar-refractivity contribution is 0.0518. The molecule has 0 bridgehead atoms. The van der Waals surface area contributed by atoms with Crippen molar-refractivity contribution in [3.05, 3.63) is 17.7 Å². The number of hydrogen-bond donors (Lipinski definition) is 3. The van der Waals surface area contributed by atoms with E-state index in [1.54, 1.807) is 14.2 Å². The van der Waals surface area contributed by atoms with Gasteiger partial charge < -0.3 is 29.7 Å². The Kier molecular flexibility index (Phi) is 5.67. The van der Waals surface area contributed by atoms with Crippen molar-refractivity contribution in [1.29, 1.82) is 0 Å². The molecule has 118 valence electrons. The van der Waals surface area contributed by atoms with E-state index in [9.17, 15) is 5.11 Å². The lowest BCUT2D eigenvalue weighted by Gasteiger charge is -2.17. The molecular weight excluding hydrogens is 274 g/mol. The average Bonchev–Trinajstić information content (AvgIpc) is 3.34. The van der Waals surface area contributed by atoms with Crippen LogP contribution < -0.4 is 19.5 Å². The maximum absolute atomic E-state index is 9.39. The SMILES string of the molecule is COc1cc(CNC2CC2)cc(OC)c1OCC(O)CO. The summed E-state index contributed by atoms with van der Waals surface area (Å²) in [6.07, 6.45) is 1.53. The van der Waals surface area contributed by atoms with Gasteiger partial charge in [-0.2, -0.15) is 0 Å². The van der Waals surface area contributed by atoms with Crippen molar-refractivity contribution in [3.63, 3.8) is 0 Å². The second-order valence-electron chi connectivity index (χ2n) is 5.13. The molecule has 1 fully saturated rings. The molecule has 6 nitrogen and oxygen atoms in total. The molecular formula is C15H23NO5. The van der Waals surface area contributed by atoms with E-state index < -0.39 is 6.10 Å². The molecule has 3 N–H and O–H groups in total. The number of rotatable bonds is 9. The highest BCUT2D eigenvalue weighted by atomic mass is 16.5.